The molecule has 30 heavy (non-hydrogen) atoms. The molecule has 0 unspecified atom stereocenters. The van der Waals surface area contributed by atoms with Gasteiger partial charge in [0.25, 0.3) is 5.91 Å². The Balaban J connectivity index is 1.69. The number of carbonyl (C=O) groups excluding carboxylic acids is 1. The Morgan fingerprint density at radius 1 is 1.10 bits per heavy atom. The number of benzene rings is 2. The fourth-order valence-corrected chi connectivity index (χ4v) is 5.55. The van der Waals surface area contributed by atoms with Crippen molar-refractivity contribution in [1.29, 1.82) is 0 Å². The van der Waals surface area contributed by atoms with Gasteiger partial charge < -0.3 is 4.90 Å². The minimum absolute atomic E-state index is 0.0323. The fourth-order valence-electron chi connectivity index (χ4n) is 4.11. The van der Waals surface area contributed by atoms with Crippen molar-refractivity contribution in [3.8, 4) is 0 Å². The highest BCUT2D eigenvalue weighted by Gasteiger charge is 2.23. The van der Waals surface area contributed by atoms with Crippen LogP contribution in [0, 0.1) is 6.92 Å². The van der Waals surface area contributed by atoms with Crippen molar-refractivity contribution in [3.63, 3.8) is 0 Å². The Morgan fingerprint density at radius 2 is 1.87 bits per heavy atom. The third-order valence-electron chi connectivity index (χ3n) is 5.70. The first-order valence-corrected chi connectivity index (χ1v) is 11.8. The average Bonchev–Trinajstić information content (AvgIpc) is 3.14. The lowest BCUT2D eigenvalue weighted by Gasteiger charge is -2.22. The van der Waals surface area contributed by atoms with Crippen molar-refractivity contribution in [3.05, 3.63) is 57.6 Å². The highest BCUT2D eigenvalue weighted by atomic mass is 35.5. The zero-order valence-electron chi connectivity index (χ0n) is 17.9. The lowest BCUT2D eigenvalue weighted by molar-refractivity contribution is 0.0986. The maximum atomic E-state index is 13.6. The number of thiazole rings is 1. The molecule has 0 aliphatic heterocycles. The van der Waals surface area contributed by atoms with Crippen LogP contribution in [0.4, 0.5) is 5.13 Å². The topological polar surface area (TPSA) is 36.4 Å². The summed E-state index contributed by atoms with van der Waals surface area (Å²) in [7, 11) is 4.11. The van der Waals surface area contributed by atoms with Crippen LogP contribution in [-0.2, 0) is 12.8 Å². The predicted molar refractivity (Wildman–Crippen MR) is 127 cm³/mol. The molecule has 158 valence electrons. The van der Waals surface area contributed by atoms with Gasteiger partial charge in [-0.05, 0) is 101 Å². The van der Waals surface area contributed by atoms with Gasteiger partial charge >= 0.3 is 0 Å². The van der Waals surface area contributed by atoms with E-state index in [1.165, 1.54) is 24.0 Å². The molecule has 0 saturated carbocycles. The molecule has 0 N–H and O–H groups in total. The number of nitrogens with zero attached hydrogens (tertiary/aromatic N) is 3. The molecule has 0 fully saturated rings. The van der Waals surface area contributed by atoms with Crippen LogP contribution in [0.15, 0.2) is 30.3 Å². The Labute approximate surface area is 187 Å². The van der Waals surface area contributed by atoms with Crippen molar-refractivity contribution in [1.82, 2.24) is 9.88 Å². The van der Waals surface area contributed by atoms with E-state index in [1.807, 2.05) is 30.0 Å². The molecule has 1 amide bonds. The number of carbonyl (C=O) groups is 1. The van der Waals surface area contributed by atoms with E-state index in [-0.39, 0.29) is 5.91 Å². The molecule has 0 atom stereocenters. The van der Waals surface area contributed by atoms with Crippen LogP contribution < -0.4 is 4.90 Å². The molecule has 1 heterocycles. The van der Waals surface area contributed by atoms with E-state index in [2.05, 4.69) is 31.1 Å². The van der Waals surface area contributed by atoms with E-state index in [1.54, 1.807) is 11.3 Å². The Morgan fingerprint density at radius 3 is 2.63 bits per heavy atom. The van der Waals surface area contributed by atoms with Gasteiger partial charge in [0.2, 0.25) is 0 Å². The number of amides is 1. The second-order valence-electron chi connectivity index (χ2n) is 8.37. The molecular formula is C24H28ClN3OS. The van der Waals surface area contributed by atoms with E-state index in [4.69, 9.17) is 16.6 Å². The van der Waals surface area contributed by atoms with E-state index in [9.17, 15) is 4.79 Å². The van der Waals surface area contributed by atoms with Crippen LogP contribution in [0.2, 0.25) is 5.02 Å². The normalized spacial score (nSPS) is 13.6. The zero-order chi connectivity index (χ0) is 21.3. The summed E-state index contributed by atoms with van der Waals surface area (Å²) >= 11 is 7.79. The molecule has 4 rings (SSSR count). The summed E-state index contributed by atoms with van der Waals surface area (Å²) in [5.41, 5.74) is 5.44. The molecule has 0 bridgehead atoms. The van der Waals surface area contributed by atoms with Crippen molar-refractivity contribution in [2.24, 2.45) is 0 Å². The van der Waals surface area contributed by atoms with Crippen LogP contribution in [0.25, 0.3) is 10.2 Å². The van der Waals surface area contributed by atoms with Gasteiger partial charge in [-0.25, -0.2) is 4.98 Å². The fraction of sp³-hybridized carbons (Fsp3) is 0.417. The highest BCUT2D eigenvalue weighted by Crippen LogP contribution is 2.34. The van der Waals surface area contributed by atoms with Crippen molar-refractivity contribution in [2.75, 3.05) is 32.1 Å². The minimum Gasteiger partial charge on any atom is -0.309 e. The van der Waals surface area contributed by atoms with Gasteiger partial charge in [-0.2, -0.15) is 0 Å². The van der Waals surface area contributed by atoms with E-state index in [0.717, 1.165) is 52.3 Å². The van der Waals surface area contributed by atoms with Crippen LogP contribution in [0.1, 0.15) is 46.3 Å². The first kappa shape index (κ1) is 21.3. The van der Waals surface area contributed by atoms with Gasteiger partial charge in [-0.1, -0.05) is 29.0 Å². The molecule has 6 heteroatoms. The summed E-state index contributed by atoms with van der Waals surface area (Å²) in [6, 6.07) is 10.1. The van der Waals surface area contributed by atoms with Crippen LogP contribution >= 0.6 is 22.9 Å². The molecular weight excluding hydrogens is 414 g/mol. The maximum Gasteiger partial charge on any atom is 0.260 e. The van der Waals surface area contributed by atoms with Gasteiger partial charge in [0.1, 0.15) is 0 Å². The third-order valence-corrected chi connectivity index (χ3v) is 6.94. The average molecular weight is 442 g/mol. The van der Waals surface area contributed by atoms with E-state index in [0.29, 0.717) is 11.6 Å². The van der Waals surface area contributed by atoms with E-state index < -0.39 is 0 Å². The summed E-state index contributed by atoms with van der Waals surface area (Å²) in [5, 5.41) is 1.45. The summed E-state index contributed by atoms with van der Waals surface area (Å²) in [4.78, 5) is 22.4. The lowest BCUT2D eigenvalue weighted by atomic mass is 9.90. The zero-order valence-corrected chi connectivity index (χ0v) is 19.4. The highest BCUT2D eigenvalue weighted by molar-refractivity contribution is 7.22. The number of rotatable bonds is 6. The second kappa shape index (κ2) is 9.04. The lowest BCUT2D eigenvalue weighted by Crippen LogP contribution is -2.33. The molecule has 1 aromatic heterocycles. The number of aromatic nitrogens is 1. The first-order chi connectivity index (χ1) is 14.4. The number of halogens is 1. The standard InChI is InChI=1S/C24H28ClN3OS/c1-16-13-20(25)15-21-22(16)26-24(30-21)28(12-6-11-27(2)3)23(29)19-10-9-17-7-4-5-8-18(17)14-19/h9-10,13-15H,4-8,11-12H2,1-3H3. The summed E-state index contributed by atoms with van der Waals surface area (Å²) in [5.74, 6) is 0.0323. The first-order valence-electron chi connectivity index (χ1n) is 10.6. The summed E-state index contributed by atoms with van der Waals surface area (Å²) in [6.45, 7) is 3.57. The van der Waals surface area contributed by atoms with E-state index >= 15 is 0 Å². The third kappa shape index (κ3) is 4.53. The molecule has 1 aliphatic rings. The number of aryl methyl sites for hydroxylation is 3. The van der Waals surface area contributed by atoms with Crippen molar-refractivity contribution >= 4 is 44.2 Å². The largest absolute Gasteiger partial charge is 0.309 e. The summed E-state index contributed by atoms with van der Waals surface area (Å²) < 4.78 is 1.02. The summed E-state index contributed by atoms with van der Waals surface area (Å²) in [6.07, 6.45) is 5.52. The molecule has 2 aromatic carbocycles. The quantitative estimate of drug-likeness (QED) is 0.489. The molecule has 3 aromatic rings. The molecule has 4 nitrogen and oxygen atoms in total. The SMILES string of the molecule is Cc1cc(Cl)cc2sc(N(CCCN(C)C)C(=O)c3ccc4c(c3)CCCC4)nc12. The van der Waals surface area contributed by atoms with Crippen molar-refractivity contribution < 1.29 is 4.79 Å². The maximum absolute atomic E-state index is 13.6. The van der Waals surface area contributed by atoms with Gasteiger partial charge in [0.05, 0.1) is 10.2 Å². The van der Waals surface area contributed by atoms with Crippen LogP contribution in [-0.4, -0.2) is 43.0 Å². The van der Waals surface area contributed by atoms with Gasteiger partial charge in [0, 0.05) is 17.1 Å². The van der Waals surface area contributed by atoms with Gasteiger partial charge in [-0.3, -0.25) is 9.69 Å². The van der Waals surface area contributed by atoms with Gasteiger partial charge in [0.15, 0.2) is 5.13 Å². The molecule has 0 saturated heterocycles. The Kier molecular flexibility index (Phi) is 6.42. The van der Waals surface area contributed by atoms with Crippen molar-refractivity contribution in [2.45, 2.75) is 39.0 Å². The van der Waals surface area contributed by atoms with Crippen LogP contribution in [0.3, 0.4) is 0 Å². The smallest absolute Gasteiger partial charge is 0.260 e. The number of hydrogen-bond donors (Lipinski definition) is 0. The molecule has 0 radical (unpaired) electrons. The van der Waals surface area contributed by atoms with Gasteiger partial charge in [-0.15, -0.1) is 0 Å². The Hall–Kier alpha value is -1.95. The number of hydrogen-bond acceptors (Lipinski definition) is 4. The Bertz CT molecular complexity index is 1080. The predicted octanol–water partition coefficient (Wildman–Crippen LogP) is 5.74. The monoisotopic (exact) mass is 441 g/mol. The molecule has 1 aliphatic carbocycles. The minimum atomic E-state index is 0.0323. The second-order valence-corrected chi connectivity index (χ2v) is 9.82. The van der Waals surface area contributed by atoms with Crippen LogP contribution in [0.5, 0.6) is 0 Å². The number of anilines is 1. The molecule has 0 spiro atoms. The number of fused-ring (bicyclic) bond motifs is 2.